The highest BCUT2D eigenvalue weighted by Gasteiger charge is 2.17. The molecule has 140 valence electrons. The van der Waals surface area contributed by atoms with Crippen molar-refractivity contribution in [3.63, 3.8) is 0 Å². The molecule has 3 N–H and O–H groups in total. The van der Waals surface area contributed by atoms with Crippen LogP contribution in [-0.2, 0) is 0 Å². The Hall–Kier alpha value is -3.72. The first-order valence-electron chi connectivity index (χ1n) is 8.25. The molecular formula is C19H14N4O4S. The van der Waals surface area contributed by atoms with Crippen molar-refractivity contribution in [3.05, 3.63) is 75.5 Å². The summed E-state index contributed by atoms with van der Waals surface area (Å²) in [5.41, 5.74) is 1.45. The van der Waals surface area contributed by atoms with E-state index in [2.05, 4.69) is 20.6 Å². The molecule has 28 heavy (non-hydrogen) atoms. The lowest BCUT2D eigenvalue weighted by atomic mass is 10.2. The van der Waals surface area contributed by atoms with Crippen LogP contribution in [0.5, 0.6) is 0 Å². The number of amides is 2. The molecule has 0 saturated heterocycles. The number of carbonyl (C=O) groups is 2. The number of aryl methyl sites for hydroxylation is 1. The first-order valence-corrected chi connectivity index (χ1v) is 9.07. The van der Waals surface area contributed by atoms with Crippen molar-refractivity contribution in [2.45, 2.75) is 6.92 Å². The molecule has 0 aliphatic rings. The van der Waals surface area contributed by atoms with Crippen molar-refractivity contribution in [3.8, 4) is 0 Å². The Balaban J connectivity index is 1.54. The number of H-pyrrole nitrogens is 1. The Morgan fingerprint density at radius 3 is 2.79 bits per heavy atom. The van der Waals surface area contributed by atoms with Crippen molar-refractivity contribution in [1.29, 1.82) is 0 Å². The van der Waals surface area contributed by atoms with Crippen molar-refractivity contribution in [1.82, 2.24) is 9.97 Å². The number of hydrogen-bond acceptors (Lipinski definition) is 6. The van der Waals surface area contributed by atoms with Crippen LogP contribution in [-0.4, -0.2) is 21.8 Å². The van der Waals surface area contributed by atoms with Gasteiger partial charge in [-0.15, -0.1) is 11.3 Å². The van der Waals surface area contributed by atoms with Crippen LogP contribution in [0.15, 0.2) is 58.2 Å². The average Bonchev–Trinajstić information content (AvgIpc) is 3.32. The van der Waals surface area contributed by atoms with Crippen molar-refractivity contribution in [2.75, 3.05) is 10.6 Å². The number of hydrogen-bond donors (Lipinski definition) is 3. The summed E-state index contributed by atoms with van der Waals surface area (Å²) in [5.74, 6) is -0.535. The third-order valence-corrected chi connectivity index (χ3v) is 5.16. The van der Waals surface area contributed by atoms with E-state index < -0.39 is 0 Å². The minimum absolute atomic E-state index is 0.187. The zero-order valence-corrected chi connectivity index (χ0v) is 15.4. The Morgan fingerprint density at radius 2 is 2.00 bits per heavy atom. The molecule has 1 aromatic carbocycles. The maximum absolute atomic E-state index is 12.7. The standard InChI is InChI=1S/C19H14N4O4S/c1-10-7-15(23-18(25)14-3-2-6-27-14)28-16(10)19(26)22-11-4-5-13-12(8-11)17(24)21-9-20-13/h2-9H,1H3,(H,22,26)(H,23,25)(H,20,21,24). The number of thiophene rings is 1. The number of furan rings is 1. The Bertz CT molecular complexity index is 1240. The maximum atomic E-state index is 12.7. The van der Waals surface area contributed by atoms with Gasteiger partial charge >= 0.3 is 0 Å². The van der Waals surface area contributed by atoms with Crippen molar-refractivity contribution in [2.24, 2.45) is 0 Å². The van der Waals surface area contributed by atoms with Crippen LogP contribution in [0.3, 0.4) is 0 Å². The van der Waals surface area contributed by atoms with E-state index in [0.29, 0.717) is 26.5 Å². The van der Waals surface area contributed by atoms with Gasteiger partial charge < -0.3 is 20.0 Å². The van der Waals surface area contributed by atoms with Gasteiger partial charge in [-0.05, 0) is 48.9 Å². The highest BCUT2D eigenvalue weighted by Crippen LogP contribution is 2.28. The first kappa shape index (κ1) is 17.7. The molecule has 0 bridgehead atoms. The first-order chi connectivity index (χ1) is 13.5. The minimum atomic E-state index is -0.389. The molecule has 0 spiro atoms. The molecule has 0 saturated carbocycles. The molecule has 0 atom stereocenters. The average molecular weight is 394 g/mol. The monoisotopic (exact) mass is 394 g/mol. The van der Waals surface area contributed by atoms with Gasteiger partial charge in [-0.2, -0.15) is 0 Å². The lowest BCUT2D eigenvalue weighted by molar-refractivity contribution is 0.0995. The normalized spacial score (nSPS) is 10.8. The van der Waals surface area contributed by atoms with Crippen LogP contribution in [0.4, 0.5) is 10.7 Å². The van der Waals surface area contributed by atoms with Crippen LogP contribution < -0.4 is 16.2 Å². The highest BCUT2D eigenvalue weighted by atomic mass is 32.1. The van der Waals surface area contributed by atoms with E-state index >= 15 is 0 Å². The molecule has 2 amide bonds. The lowest BCUT2D eigenvalue weighted by Gasteiger charge is -2.05. The summed E-state index contributed by atoms with van der Waals surface area (Å²) in [4.78, 5) is 43.6. The summed E-state index contributed by atoms with van der Waals surface area (Å²) in [6.07, 6.45) is 2.74. The van der Waals surface area contributed by atoms with Gasteiger partial charge in [-0.3, -0.25) is 14.4 Å². The number of benzene rings is 1. The van der Waals surface area contributed by atoms with E-state index in [1.165, 1.54) is 12.6 Å². The van der Waals surface area contributed by atoms with E-state index in [1.54, 1.807) is 43.3 Å². The van der Waals surface area contributed by atoms with E-state index in [1.807, 2.05) is 0 Å². The zero-order valence-electron chi connectivity index (χ0n) is 14.6. The SMILES string of the molecule is Cc1cc(NC(=O)c2ccco2)sc1C(=O)Nc1ccc2nc[nH]c(=O)c2c1. The van der Waals surface area contributed by atoms with Crippen LogP contribution in [0.25, 0.3) is 10.9 Å². The molecule has 0 radical (unpaired) electrons. The van der Waals surface area contributed by atoms with Gasteiger partial charge in [-0.1, -0.05) is 0 Å². The predicted octanol–water partition coefficient (Wildman–Crippen LogP) is 3.39. The Kier molecular flexibility index (Phi) is 4.50. The zero-order chi connectivity index (χ0) is 19.7. The summed E-state index contributed by atoms with van der Waals surface area (Å²) < 4.78 is 5.06. The van der Waals surface area contributed by atoms with Crippen LogP contribution >= 0.6 is 11.3 Å². The molecule has 4 rings (SSSR count). The van der Waals surface area contributed by atoms with E-state index in [4.69, 9.17) is 4.42 Å². The molecule has 0 fully saturated rings. The lowest BCUT2D eigenvalue weighted by Crippen LogP contribution is -2.12. The van der Waals surface area contributed by atoms with Crippen LogP contribution in [0, 0.1) is 6.92 Å². The second-order valence-electron chi connectivity index (χ2n) is 5.97. The van der Waals surface area contributed by atoms with Gasteiger partial charge in [0, 0.05) is 5.69 Å². The van der Waals surface area contributed by atoms with Gasteiger partial charge in [0.05, 0.1) is 33.4 Å². The molecule has 9 heteroatoms. The number of anilines is 2. The second kappa shape index (κ2) is 7.12. The van der Waals surface area contributed by atoms with E-state index in [-0.39, 0.29) is 23.1 Å². The summed E-state index contributed by atoms with van der Waals surface area (Å²) in [6, 6.07) is 9.81. The number of fused-ring (bicyclic) bond motifs is 1. The fourth-order valence-corrected chi connectivity index (χ4v) is 3.65. The van der Waals surface area contributed by atoms with Gasteiger partial charge in [0.25, 0.3) is 17.4 Å². The topological polar surface area (TPSA) is 117 Å². The fraction of sp³-hybridized carbons (Fsp3) is 0.0526. The summed E-state index contributed by atoms with van der Waals surface area (Å²) in [6.45, 7) is 1.78. The van der Waals surface area contributed by atoms with Crippen molar-refractivity contribution >= 4 is 44.7 Å². The van der Waals surface area contributed by atoms with E-state index in [9.17, 15) is 14.4 Å². The third kappa shape index (κ3) is 3.42. The Labute approximate surface area is 162 Å². The molecule has 4 aromatic rings. The molecule has 0 aliphatic heterocycles. The van der Waals surface area contributed by atoms with Gasteiger partial charge in [0.15, 0.2) is 5.76 Å². The number of aromatic nitrogens is 2. The molecule has 8 nitrogen and oxygen atoms in total. The highest BCUT2D eigenvalue weighted by molar-refractivity contribution is 7.18. The number of carbonyl (C=O) groups excluding carboxylic acids is 2. The van der Waals surface area contributed by atoms with Gasteiger partial charge in [0.1, 0.15) is 0 Å². The summed E-state index contributed by atoms with van der Waals surface area (Å²) in [7, 11) is 0. The van der Waals surface area contributed by atoms with E-state index in [0.717, 1.165) is 16.9 Å². The molecule has 3 aromatic heterocycles. The molecular weight excluding hydrogens is 380 g/mol. The summed E-state index contributed by atoms with van der Waals surface area (Å²) in [5, 5.41) is 6.39. The number of nitrogens with one attached hydrogen (secondary N) is 3. The summed E-state index contributed by atoms with van der Waals surface area (Å²) >= 11 is 1.15. The smallest absolute Gasteiger partial charge is 0.291 e. The van der Waals surface area contributed by atoms with Crippen molar-refractivity contribution < 1.29 is 14.0 Å². The van der Waals surface area contributed by atoms with Crippen LogP contribution in [0.2, 0.25) is 0 Å². The van der Waals surface area contributed by atoms with Crippen LogP contribution in [0.1, 0.15) is 25.8 Å². The maximum Gasteiger partial charge on any atom is 0.291 e. The fourth-order valence-electron chi connectivity index (χ4n) is 2.68. The Morgan fingerprint density at radius 1 is 1.14 bits per heavy atom. The number of aromatic amines is 1. The second-order valence-corrected chi connectivity index (χ2v) is 7.02. The predicted molar refractivity (Wildman–Crippen MR) is 106 cm³/mol. The minimum Gasteiger partial charge on any atom is -0.459 e. The van der Waals surface area contributed by atoms with Gasteiger partial charge in [0.2, 0.25) is 0 Å². The molecule has 0 aliphatic carbocycles. The number of nitrogens with zero attached hydrogens (tertiary/aromatic N) is 1. The number of rotatable bonds is 4. The molecule has 3 heterocycles. The largest absolute Gasteiger partial charge is 0.459 e. The molecule has 0 unspecified atom stereocenters. The third-order valence-electron chi connectivity index (χ3n) is 4.00. The quantitative estimate of drug-likeness (QED) is 0.490. The van der Waals surface area contributed by atoms with Gasteiger partial charge in [-0.25, -0.2) is 4.98 Å².